The van der Waals surface area contributed by atoms with Crippen molar-refractivity contribution in [3.8, 4) is 0 Å². The van der Waals surface area contributed by atoms with Crippen LogP contribution in [-0.2, 0) is 0 Å². The highest BCUT2D eigenvalue weighted by atomic mass is 15.4. The number of nitrogens with one attached hydrogen (secondary N) is 1. The Hall–Kier alpha value is -0.810. The van der Waals surface area contributed by atoms with E-state index in [1.54, 1.807) is 0 Å². The summed E-state index contributed by atoms with van der Waals surface area (Å²) in [6.45, 7) is 13.9. The molecule has 0 aliphatic carbocycles. The largest absolute Gasteiger partial charge is 0.344 e. The van der Waals surface area contributed by atoms with Crippen LogP contribution in [0.1, 0.15) is 33.6 Å². The van der Waals surface area contributed by atoms with Crippen LogP contribution in [0.2, 0.25) is 0 Å². The van der Waals surface area contributed by atoms with E-state index >= 15 is 0 Å². The molecule has 0 radical (unpaired) electrons. The average Bonchev–Trinajstić information content (AvgIpc) is 2.34. The Balaban J connectivity index is 4.63. The second-order valence-electron chi connectivity index (χ2n) is 5.83. The third-order valence-corrected chi connectivity index (χ3v) is 3.64. The van der Waals surface area contributed by atoms with E-state index in [2.05, 4.69) is 38.1 Å². The molecule has 5 heteroatoms. The number of nitrogens with zero attached hydrogens (tertiary/aromatic N) is 1. The van der Waals surface area contributed by atoms with Gasteiger partial charge in [-0.05, 0) is 12.8 Å². The van der Waals surface area contributed by atoms with Gasteiger partial charge in [0.05, 0.1) is 33.2 Å². The van der Waals surface area contributed by atoms with Crippen LogP contribution in [0.4, 0.5) is 0 Å². The topological polar surface area (TPSA) is 82.6 Å². The Labute approximate surface area is 119 Å². The van der Waals surface area contributed by atoms with Gasteiger partial charge in [-0.2, -0.15) is 0 Å². The molecule has 0 aromatic rings. The summed E-state index contributed by atoms with van der Waals surface area (Å²) in [5.74, 6) is 0.912. The molecule has 0 spiro atoms. The van der Waals surface area contributed by atoms with E-state index in [-0.39, 0.29) is 0 Å². The Kier molecular flexibility index (Phi) is 9.61. The van der Waals surface area contributed by atoms with E-state index in [0.717, 1.165) is 6.54 Å². The van der Waals surface area contributed by atoms with Gasteiger partial charge in [0.25, 0.3) is 0 Å². The maximum Gasteiger partial charge on any atom is 0.338 e. The first-order chi connectivity index (χ1) is 8.99. The van der Waals surface area contributed by atoms with Gasteiger partial charge in [-0.25, -0.2) is 0 Å². The highest BCUT2D eigenvalue weighted by Gasteiger charge is 2.28. The zero-order valence-corrected chi connectivity index (χ0v) is 13.4. The number of quaternary nitrogens is 2. The Bertz CT molecular complexity index is 242. The second kappa shape index (κ2) is 10.0. The van der Waals surface area contributed by atoms with Crippen LogP contribution in [0.3, 0.4) is 0 Å². The second-order valence-corrected chi connectivity index (χ2v) is 5.83. The molecule has 1 unspecified atom stereocenters. The molecular formula is C14H36N5+3. The van der Waals surface area contributed by atoms with Crippen LogP contribution >= 0.6 is 0 Å². The van der Waals surface area contributed by atoms with Crippen LogP contribution in [0.25, 0.3) is 0 Å². The maximum absolute atomic E-state index is 5.48. The number of guanidine groups is 1. The molecule has 0 saturated heterocycles. The molecule has 0 bridgehead atoms. The maximum atomic E-state index is 5.48. The van der Waals surface area contributed by atoms with Crippen molar-refractivity contribution in [2.24, 2.45) is 17.4 Å². The standard InChI is InChI=1S/C14H34N5/c1-5-8-19(9-6-2,10-7-17-4)12-13(3)11-18-14(15)16/h13,17H,5-12H2,1-4H3,(H4,15,16,18)/q+1/p+2. The van der Waals surface area contributed by atoms with E-state index in [1.807, 2.05) is 0 Å². The fourth-order valence-electron chi connectivity index (χ4n) is 2.98. The van der Waals surface area contributed by atoms with Crippen molar-refractivity contribution in [3.05, 3.63) is 0 Å². The molecule has 5 nitrogen and oxygen atoms in total. The summed E-state index contributed by atoms with van der Waals surface area (Å²) in [4.78, 5) is 3.06. The van der Waals surface area contributed by atoms with Crippen molar-refractivity contribution in [2.75, 3.05) is 46.3 Å². The first kappa shape index (κ1) is 18.2. The molecule has 0 saturated carbocycles. The summed E-state index contributed by atoms with van der Waals surface area (Å²) in [5.41, 5.74) is 11.0. The minimum absolute atomic E-state index is 0.331. The third kappa shape index (κ3) is 8.06. The smallest absolute Gasteiger partial charge is 0.338 e. The van der Waals surface area contributed by atoms with E-state index in [9.17, 15) is 0 Å². The predicted octanol–water partition coefficient (Wildman–Crippen LogP) is -2.19. The molecule has 0 heterocycles. The SMILES string of the molecule is CCC[N+](CCC)(CC[NH2+]C)CC(C)C[NH+]=C(N)N. The number of rotatable bonds is 11. The van der Waals surface area contributed by atoms with Gasteiger partial charge in [-0.15, -0.1) is 0 Å². The Morgan fingerprint density at radius 3 is 2.16 bits per heavy atom. The van der Waals surface area contributed by atoms with Gasteiger partial charge in [-0.1, -0.05) is 20.8 Å². The minimum atomic E-state index is 0.331. The number of hydrogen-bond acceptors (Lipinski definition) is 0. The number of hydrogen-bond donors (Lipinski definition) is 4. The minimum Gasteiger partial charge on any atom is -0.344 e. The molecule has 0 aliphatic heterocycles. The van der Waals surface area contributed by atoms with Crippen LogP contribution in [0.15, 0.2) is 0 Å². The molecule has 114 valence electrons. The number of nitrogens with two attached hydrogens (primary N) is 3. The van der Waals surface area contributed by atoms with Crippen LogP contribution in [0.5, 0.6) is 0 Å². The van der Waals surface area contributed by atoms with Gasteiger partial charge < -0.3 is 9.80 Å². The van der Waals surface area contributed by atoms with Crippen molar-refractivity contribution < 1.29 is 14.8 Å². The zero-order chi connectivity index (χ0) is 14.7. The van der Waals surface area contributed by atoms with E-state index in [1.165, 1.54) is 50.0 Å². The first-order valence-electron chi connectivity index (χ1n) is 7.74. The lowest BCUT2D eigenvalue weighted by atomic mass is 10.1. The molecule has 0 rings (SSSR count). The molecule has 0 aliphatic rings. The predicted molar refractivity (Wildman–Crippen MR) is 81.4 cm³/mol. The summed E-state index contributed by atoms with van der Waals surface area (Å²) in [6, 6.07) is 0. The lowest BCUT2D eigenvalue weighted by Crippen LogP contribution is -2.83. The fourth-order valence-corrected chi connectivity index (χ4v) is 2.98. The van der Waals surface area contributed by atoms with Crippen LogP contribution in [0, 0.1) is 5.92 Å². The van der Waals surface area contributed by atoms with Crippen molar-refractivity contribution in [1.29, 1.82) is 0 Å². The lowest BCUT2D eigenvalue weighted by molar-refractivity contribution is -0.940. The quantitative estimate of drug-likeness (QED) is 0.196. The van der Waals surface area contributed by atoms with Crippen molar-refractivity contribution in [3.63, 3.8) is 0 Å². The Morgan fingerprint density at radius 2 is 1.74 bits per heavy atom. The fraction of sp³-hybridized carbons (Fsp3) is 0.929. The normalized spacial score (nSPS) is 13.3. The third-order valence-electron chi connectivity index (χ3n) is 3.64. The van der Waals surface area contributed by atoms with Gasteiger partial charge >= 0.3 is 5.96 Å². The van der Waals surface area contributed by atoms with E-state index in [0.29, 0.717) is 11.9 Å². The zero-order valence-electron chi connectivity index (χ0n) is 13.4. The van der Waals surface area contributed by atoms with Gasteiger partial charge in [0.15, 0.2) is 0 Å². The van der Waals surface area contributed by atoms with Gasteiger partial charge in [0.2, 0.25) is 0 Å². The van der Waals surface area contributed by atoms with Gasteiger partial charge in [0, 0.05) is 5.92 Å². The Morgan fingerprint density at radius 1 is 1.16 bits per heavy atom. The molecule has 0 aromatic heterocycles. The van der Waals surface area contributed by atoms with Gasteiger partial charge in [-0.3, -0.25) is 16.5 Å². The molecule has 0 fully saturated rings. The van der Waals surface area contributed by atoms with Crippen molar-refractivity contribution in [1.82, 2.24) is 0 Å². The highest BCUT2D eigenvalue weighted by Crippen LogP contribution is 2.13. The van der Waals surface area contributed by atoms with Crippen LogP contribution in [-0.4, -0.2) is 56.8 Å². The number of likely N-dealkylation sites (N-methyl/N-ethyl adjacent to an activating group) is 1. The summed E-state index contributed by atoms with van der Waals surface area (Å²) >= 11 is 0. The summed E-state index contributed by atoms with van der Waals surface area (Å²) in [7, 11) is 2.15. The lowest BCUT2D eigenvalue weighted by Gasteiger charge is -2.39. The summed E-state index contributed by atoms with van der Waals surface area (Å²) in [5, 5.41) is 2.28. The summed E-state index contributed by atoms with van der Waals surface area (Å²) in [6.07, 6.45) is 2.49. The average molecular weight is 274 g/mol. The molecule has 19 heavy (non-hydrogen) atoms. The van der Waals surface area contributed by atoms with Crippen LogP contribution < -0.4 is 21.8 Å². The molecule has 7 N–H and O–H groups in total. The van der Waals surface area contributed by atoms with E-state index < -0.39 is 0 Å². The first-order valence-corrected chi connectivity index (χ1v) is 7.74. The van der Waals surface area contributed by atoms with E-state index in [4.69, 9.17) is 11.5 Å². The van der Waals surface area contributed by atoms with Crippen molar-refractivity contribution >= 4 is 5.96 Å². The molecule has 1 atom stereocenters. The monoisotopic (exact) mass is 274 g/mol. The molecule has 0 amide bonds. The highest BCUT2D eigenvalue weighted by molar-refractivity contribution is 5.69. The molecule has 0 aromatic carbocycles. The van der Waals surface area contributed by atoms with Crippen molar-refractivity contribution in [2.45, 2.75) is 33.6 Å². The molecular weight excluding hydrogens is 238 g/mol. The summed E-state index contributed by atoms with van der Waals surface area (Å²) < 4.78 is 1.23. The van der Waals surface area contributed by atoms with Gasteiger partial charge in [0.1, 0.15) is 13.1 Å².